The highest BCUT2D eigenvalue weighted by atomic mass is 16.7. The Hall–Kier alpha value is -2.57. The van der Waals surface area contributed by atoms with Gasteiger partial charge in [0.25, 0.3) is 0 Å². The minimum atomic E-state index is -1.83. The Morgan fingerprint density at radius 3 is 2.45 bits per heavy atom. The number of esters is 1. The van der Waals surface area contributed by atoms with E-state index in [1.54, 1.807) is 33.3 Å². The van der Waals surface area contributed by atoms with Crippen molar-refractivity contribution in [1.82, 2.24) is 5.32 Å². The smallest absolute Gasteiger partial charge is 0.316 e. The summed E-state index contributed by atoms with van der Waals surface area (Å²) in [5.74, 6) is -2.54. The van der Waals surface area contributed by atoms with Gasteiger partial charge in [-0.15, -0.1) is 6.58 Å². The van der Waals surface area contributed by atoms with Crippen LogP contribution in [0.2, 0.25) is 0 Å². The maximum Gasteiger partial charge on any atom is 0.316 e. The number of aliphatic hydroxyl groups excluding tert-OH is 1. The molecule has 14 nitrogen and oxygen atoms in total. The zero-order chi connectivity index (χ0) is 47.7. The number of allylic oxidation sites excluding steroid dienone is 2. The van der Waals surface area contributed by atoms with Crippen molar-refractivity contribution in [3.63, 3.8) is 0 Å². The van der Waals surface area contributed by atoms with Crippen molar-refractivity contribution in [2.75, 3.05) is 27.4 Å². The molecule has 1 aliphatic carbocycles. The van der Waals surface area contributed by atoms with Gasteiger partial charge < -0.3 is 62.9 Å². The van der Waals surface area contributed by atoms with Crippen molar-refractivity contribution in [2.24, 2.45) is 23.7 Å². The Balaban J connectivity index is 1.16. The molecule has 0 aromatic rings. The third-order valence-electron chi connectivity index (χ3n) is 15.7. The molecular formula is C52H79NO13. The first-order valence-electron chi connectivity index (χ1n) is 24.4. The molecule has 66 heavy (non-hydrogen) atoms. The van der Waals surface area contributed by atoms with Gasteiger partial charge in [0.05, 0.1) is 54.9 Å². The number of ether oxygens (including phenoxy) is 10. The predicted octanol–water partition coefficient (Wildman–Crippen LogP) is 6.55. The number of fused-ring (bicyclic) bond motifs is 2. The van der Waals surface area contributed by atoms with Gasteiger partial charge in [0.2, 0.25) is 0 Å². The van der Waals surface area contributed by atoms with Gasteiger partial charge in [0, 0.05) is 58.3 Å². The molecule has 3 N–H and O–H groups in total. The minimum Gasteiger partial charge on any atom is -0.462 e. The summed E-state index contributed by atoms with van der Waals surface area (Å²) in [6.07, 6.45) is 12.1. The first-order chi connectivity index (χ1) is 31.4. The zero-order valence-corrected chi connectivity index (χ0v) is 41.2. The molecule has 4 fully saturated rings. The third-order valence-corrected chi connectivity index (χ3v) is 15.7. The molecule has 0 saturated carbocycles. The molecular weight excluding hydrogens is 847 g/mol. The van der Waals surface area contributed by atoms with Gasteiger partial charge in [0.15, 0.2) is 18.4 Å². The second-order valence-corrected chi connectivity index (χ2v) is 20.3. The monoisotopic (exact) mass is 926 g/mol. The van der Waals surface area contributed by atoms with Crippen LogP contribution in [0.1, 0.15) is 101 Å². The van der Waals surface area contributed by atoms with Crippen LogP contribution in [0.5, 0.6) is 0 Å². The molecule has 7 rings (SSSR count). The first kappa shape index (κ1) is 51.3. The Morgan fingerprint density at radius 2 is 1.74 bits per heavy atom. The quantitative estimate of drug-likeness (QED) is 0.151. The fourth-order valence-corrected chi connectivity index (χ4v) is 11.3. The summed E-state index contributed by atoms with van der Waals surface area (Å²) in [6, 6.07) is 0. The maximum atomic E-state index is 14.4. The number of carbonyl (C=O) groups excluding carboxylic acids is 1. The van der Waals surface area contributed by atoms with Crippen LogP contribution in [-0.4, -0.2) is 140 Å². The normalized spacial score (nSPS) is 45.9. The molecule has 0 radical (unpaired) electrons. The highest BCUT2D eigenvalue weighted by Gasteiger charge is 2.60. The molecule has 0 aromatic carbocycles. The molecule has 0 aromatic heterocycles. The van der Waals surface area contributed by atoms with Gasteiger partial charge in [-0.25, -0.2) is 0 Å². The largest absolute Gasteiger partial charge is 0.462 e. The summed E-state index contributed by atoms with van der Waals surface area (Å²) < 4.78 is 65.2. The number of methoxy groups -OCH3 is 2. The van der Waals surface area contributed by atoms with Gasteiger partial charge in [-0.05, 0) is 69.8 Å². The van der Waals surface area contributed by atoms with E-state index in [-0.39, 0.29) is 54.9 Å². The summed E-state index contributed by atoms with van der Waals surface area (Å²) in [6.45, 7) is 23.0. The fraction of sp³-hybridized carbons (Fsp3) is 0.750. The van der Waals surface area contributed by atoms with E-state index >= 15 is 0 Å². The molecule has 2 bridgehead atoms. The molecule has 20 atom stereocenters. The standard InChI is InChI=1S/C52H79NO13/c1-13-22-53-50(10)35(9)61-43(26-41(50)58-12)64-47-34(8)60-42(25-40(47)57-11)63-45-30(4)16-15-17-36-28-59-48-44(54)33(7)23-39(52(36,48)56)49(55)62-38-24-37(19-18-31(45)5)65-51(27-38)21-20-32(6)46(66-51)29(3)14-2/h13,15-18,20-21,23,29-30,32,34-35,37-48,53-54,56H,1,14,19,22,24-28H2,2-12H3/t29?,30?,32-,34-,35-,37+,38-,39-,40-,41-,42?,43?,44+,45-,46+,47-,48+,50-,51+,52+/m0/s1. The number of rotatable bonds is 11. The van der Waals surface area contributed by atoms with Gasteiger partial charge in [-0.2, -0.15) is 0 Å². The predicted molar refractivity (Wildman–Crippen MR) is 248 cm³/mol. The van der Waals surface area contributed by atoms with Crippen LogP contribution >= 0.6 is 0 Å². The van der Waals surface area contributed by atoms with E-state index in [2.05, 4.69) is 65.6 Å². The van der Waals surface area contributed by atoms with Crippen LogP contribution in [0.15, 0.2) is 71.9 Å². The highest BCUT2D eigenvalue weighted by molar-refractivity contribution is 5.78. The summed E-state index contributed by atoms with van der Waals surface area (Å²) >= 11 is 0. The van der Waals surface area contributed by atoms with Crippen LogP contribution in [-0.2, 0) is 52.2 Å². The number of aliphatic hydroxyl groups is 2. The fourth-order valence-electron chi connectivity index (χ4n) is 11.3. The summed E-state index contributed by atoms with van der Waals surface area (Å²) in [7, 11) is 3.40. The molecule has 14 heteroatoms. The Bertz CT molecular complexity index is 1870. The van der Waals surface area contributed by atoms with E-state index in [1.807, 2.05) is 38.2 Å². The van der Waals surface area contributed by atoms with Gasteiger partial charge in [0.1, 0.15) is 35.9 Å². The molecule has 7 aliphatic rings. The van der Waals surface area contributed by atoms with E-state index in [0.717, 1.165) is 12.0 Å². The average molecular weight is 926 g/mol. The van der Waals surface area contributed by atoms with E-state index in [9.17, 15) is 15.0 Å². The van der Waals surface area contributed by atoms with Crippen LogP contribution < -0.4 is 5.32 Å². The lowest BCUT2D eigenvalue weighted by Crippen LogP contribution is -2.65. The topological polar surface area (TPSA) is 162 Å². The lowest BCUT2D eigenvalue weighted by atomic mass is 9.71. The average Bonchev–Trinajstić information content (AvgIpc) is 3.63. The van der Waals surface area contributed by atoms with Gasteiger partial charge >= 0.3 is 5.97 Å². The van der Waals surface area contributed by atoms with E-state index in [0.29, 0.717) is 49.8 Å². The van der Waals surface area contributed by atoms with E-state index < -0.39 is 78.0 Å². The lowest BCUT2D eigenvalue weighted by Gasteiger charge is -2.49. The molecule has 1 spiro atoms. The van der Waals surface area contributed by atoms with Crippen molar-refractivity contribution in [2.45, 2.75) is 197 Å². The third kappa shape index (κ3) is 10.3. The Labute approximate surface area is 393 Å². The highest BCUT2D eigenvalue weighted by Crippen LogP contribution is 2.47. The Morgan fingerprint density at radius 1 is 0.985 bits per heavy atom. The summed E-state index contributed by atoms with van der Waals surface area (Å²) in [4.78, 5) is 14.4. The van der Waals surface area contributed by atoms with Crippen molar-refractivity contribution in [1.29, 1.82) is 0 Å². The molecule has 370 valence electrons. The minimum absolute atomic E-state index is 0.0366. The van der Waals surface area contributed by atoms with Gasteiger partial charge in [-0.3, -0.25) is 4.79 Å². The molecule has 4 unspecified atom stereocenters. The van der Waals surface area contributed by atoms with Crippen LogP contribution in [0.4, 0.5) is 0 Å². The summed E-state index contributed by atoms with van der Waals surface area (Å²) in [5, 5.41) is 27.3. The van der Waals surface area contributed by atoms with Crippen molar-refractivity contribution >= 4 is 5.97 Å². The SMILES string of the molecule is C=CCN[C@@]1(C)[C@H](C)OC(O[C@H]2[C@H](C)OC(O[C@@H]3C(C)=CC[C@@H]4C[C@@H](C[C@]5(C=C[C@H](C)[C@@H](C(C)CC)O5)O4)OC(=O)[C@@H]4C=C(C)[C@@H](O)[C@H]5OCC(=CC=CC3C)[C@]54O)C[C@@H]2OC)C[C@@H]1OC. The second-order valence-electron chi connectivity index (χ2n) is 20.3. The van der Waals surface area contributed by atoms with Gasteiger partial charge in [-0.1, -0.05) is 76.6 Å². The molecule has 6 aliphatic heterocycles. The Kier molecular flexibility index (Phi) is 16.5. The van der Waals surface area contributed by atoms with E-state index in [4.69, 9.17) is 47.4 Å². The van der Waals surface area contributed by atoms with Crippen LogP contribution in [0.25, 0.3) is 0 Å². The number of hydrogen-bond acceptors (Lipinski definition) is 14. The number of hydrogen-bond donors (Lipinski definition) is 3. The van der Waals surface area contributed by atoms with Crippen molar-refractivity contribution in [3.8, 4) is 0 Å². The van der Waals surface area contributed by atoms with Crippen LogP contribution in [0.3, 0.4) is 0 Å². The summed E-state index contributed by atoms with van der Waals surface area (Å²) in [5.41, 5.74) is -0.275. The number of carbonyl (C=O) groups is 1. The molecule has 4 saturated heterocycles. The number of nitrogens with one attached hydrogen (secondary N) is 1. The lowest BCUT2D eigenvalue weighted by molar-refractivity contribution is -0.317. The van der Waals surface area contributed by atoms with Crippen LogP contribution in [0, 0.1) is 23.7 Å². The second kappa shape index (κ2) is 21.2. The van der Waals surface area contributed by atoms with Crippen molar-refractivity contribution < 1.29 is 62.4 Å². The maximum absolute atomic E-state index is 14.4. The van der Waals surface area contributed by atoms with E-state index in [1.165, 1.54) is 0 Å². The molecule has 0 amide bonds. The zero-order valence-electron chi connectivity index (χ0n) is 41.2. The van der Waals surface area contributed by atoms with Crippen molar-refractivity contribution in [3.05, 3.63) is 71.9 Å². The molecule has 6 heterocycles. The first-order valence-corrected chi connectivity index (χ1v) is 24.4.